The molecule has 0 spiro atoms. The number of morpholine rings is 1. The summed E-state index contributed by atoms with van der Waals surface area (Å²) in [5, 5.41) is 3.41. The van der Waals surface area contributed by atoms with Gasteiger partial charge >= 0.3 is 0 Å². The van der Waals surface area contributed by atoms with Gasteiger partial charge in [-0.05, 0) is 40.1 Å². The normalized spacial score (nSPS) is 17.3. The highest BCUT2D eigenvalue weighted by Crippen LogP contribution is 2.28. The van der Waals surface area contributed by atoms with Gasteiger partial charge in [-0.25, -0.2) is 0 Å². The summed E-state index contributed by atoms with van der Waals surface area (Å²) in [6.07, 6.45) is 0.163. The second kappa shape index (κ2) is 7.89. The number of rotatable bonds is 3. The summed E-state index contributed by atoms with van der Waals surface area (Å²) in [4.78, 5) is 14.8. The van der Waals surface area contributed by atoms with Crippen LogP contribution in [0.25, 0.3) is 10.8 Å². The van der Waals surface area contributed by atoms with Crippen molar-refractivity contribution in [3.63, 3.8) is 0 Å². The molecule has 27 heavy (non-hydrogen) atoms. The van der Waals surface area contributed by atoms with Gasteiger partial charge in [-0.3, -0.25) is 4.79 Å². The molecule has 1 aliphatic rings. The third-order valence-electron chi connectivity index (χ3n) is 4.90. The molecule has 1 heterocycles. The highest BCUT2D eigenvalue weighted by Gasteiger charge is 2.26. The highest BCUT2D eigenvalue weighted by atomic mass is 35.5. The first kappa shape index (κ1) is 18.3. The Balaban J connectivity index is 1.51. The number of hydrogen-bond acceptors (Lipinski definition) is 2. The molecule has 0 radical (unpaired) electrons. The zero-order valence-corrected chi connectivity index (χ0v) is 16.2. The molecule has 3 aromatic carbocycles. The molecule has 1 atom stereocenters. The standard InChI is InChI=1S/C22H19Cl2NO2/c23-18-10-17(11-19(24)13-18)21-14-25(8-9-27-21)22(26)12-16-6-3-5-15-4-1-2-7-20(15)16/h1-7,10-11,13,21H,8-9,12,14H2. The first-order valence-electron chi connectivity index (χ1n) is 8.92. The van der Waals surface area contributed by atoms with E-state index < -0.39 is 0 Å². The topological polar surface area (TPSA) is 29.5 Å². The van der Waals surface area contributed by atoms with Crippen LogP contribution in [0.15, 0.2) is 60.7 Å². The fourth-order valence-corrected chi connectivity index (χ4v) is 4.10. The van der Waals surface area contributed by atoms with E-state index in [9.17, 15) is 4.79 Å². The van der Waals surface area contributed by atoms with Crippen molar-refractivity contribution in [1.82, 2.24) is 4.90 Å². The van der Waals surface area contributed by atoms with Crippen LogP contribution >= 0.6 is 23.2 Å². The number of carbonyl (C=O) groups excluding carboxylic acids is 1. The van der Waals surface area contributed by atoms with E-state index in [0.29, 0.717) is 36.2 Å². The van der Waals surface area contributed by atoms with Crippen molar-refractivity contribution in [3.8, 4) is 0 Å². The minimum atomic E-state index is -0.216. The Kier molecular flexibility index (Phi) is 5.35. The van der Waals surface area contributed by atoms with Gasteiger partial charge < -0.3 is 9.64 Å². The first-order valence-corrected chi connectivity index (χ1v) is 9.68. The quantitative estimate of drug-likeness (QED) is 0.598. The predicted octanol–water partition coefficient (Wildman–Crippen LogP) is 5.29. The van der Waals surface area contributed by atoms with Crippen LogP contribution in [0.2, 0.25) is 10.0 Å². The lowest BCUT2D eigenvalue weighted by atomic mass is 10.0. The van der Waals surface area contributed by atoms with Crippen LogP contribution in [-0.2, 0) is 16.0 Å². The van der Waals surface area contributed by atoms with E-state index in [1.165, 1.54) is 0 Å². The molecule has 1 fully saturated rings. The second-order valence-corrected chi connectivity index (χ2v) is 7.59. The van der Waals surface area contributed by atoms with Gasteiger partial charge in [0, 0.05) is 16.6 Å². The summed E-state index contributed by atoms with van der Waals surface area (Å²) in [5.41, 5.74) is 1.95. The van der Waals surface area contributed by atoms with Crippen molar-refractivity contribution in [1.29, 1.82) is 0 Å². The lowest BCUT2D eigenvalue weighted by Crippen LogP contribution is -2.43. The largest absolute Gasteiger partial charge is 0.370 e. The van der Waals surface area contributed by atoms with E-state index >= 15 is 0 Å². The summed E-state index contributed by atoms with van der Waals surface area (Å²) in [6, 6.07) is 19.6. The van der Waals surface area contributed by atoms with Crippen LogP contribution in [0.4, 0.5) is 0 Å². The minimum absolute atomic E-state index is 0.104. The maximum Gasteiger partial charge on any atom is 0.227 e. The lowest BCUT2D eigenvalue weighted by molar-refractivity contribution is -0.138. The average molecular weight is 400 g/mol. The summed E-state index contributed by atoms with van der Waals surface area (Å²) in [5.74, 6) is 0.104. The molecule has 1 amide bonds. The van der Waals surface area contributed by atoms with Crippen LogP contribution in [0.1, 0.15) is 17.2 Å². The van der Waals surface area contributed by atoms with E-state index in [4.69, 9.17) is 27.9 Å². The van der Waals surface area contributed by atoms with Gasteiger partial charge in [-0.2, -0.15) is 0 Å². The number of amides is 1. The van der Waals surface area contributed by atoms with Gasteiger partial charge in [0.15, 0.2) is 0 Å². The zero-order chi connectivity index (χ0) is 18.8. The molecule has 0 bridgehead atoms. The number of halogens is 2. The smallest absolute Gasteiger partial charge is 0.227 e. The molecule has 0 aromatic heterocycles. The maximum absolute atomic E-state index is 12.9. The molecule has 4 rings (SSSR count). The van der Waals surface area contributed by atoms with Crippen molar-refractivity contribution in [2.24, 2.45) is 0 Å². The van der Waals surface area contributed by atoms with Gasteiger partial charge in [0.2, 0.25) is 5.91 Å². The third-order valence-corrected chi connectivity index (χ3v) is 5.33. The van der Waals surface area contributed by atoms with Gasteiger partial charge in [-0.1, -0.05) is 65.7 Å². The Labute approximate surface area is 168 Å². The summed E-state index contributed by atoms with van der Waals surface area (Å²) in [7, 11) is 0. The summed E-state index contributed by atoms with van der Waals surface area (Å²) < 4.78 is 5.86. The molecule has 0 saturated carbocycles. The number of hydrogen-bond donors (Lipinski definition) is 0. The molecule has 1 unspecified atom stereocenters. The monoisotopic (exact) mass is 399 g/mol. The van der Waals surface area contributed by atoms with E-state index in [0.717, 1.165) is 21.9 Å². The van der Waals surface area contributed by atoms with E-state index in [1.807, 2.05) is 41.3 Å². The third kappa shape index (κ3) is 4.11. The van der Waals surface area contributed by atoms with Crippen molar-refractivity contribution in [3.05, 3.63) is 81.8 Å². The molecule has 1 aliphatic heterocycles. The highest BCUT2D eigenvalue weighted by molar-refractivity contribution is 6.34. The molecule has 0 N–H and O–H groups in total. The van der Waals surface area contributed by atoms with Crippen LogP contribution in [0.5, 0.6) is 0 Å². The Morgan fingerprint density at radius 1 is 1.04 bits per heavy atom. The van der Waals surface area contributed by atoms with E-state index in [-0.39, 0.29) is 12.0 Å². The van der Waals surface area contributed by atoms with Crippen LogP contribution in [0, 0.1) is 0 Å². The fraction of sp³-hybridized carbons (Fsp3) is 0.227. The first-order chi connectivity index (χ1) is 13.1. The molecule has 3 nitrogen and oxygen atoms in total. The van der Waals surface area contributed by atoms with Crippen molar-refractivity contribution >= 4 is 39.9 Å². The van der Waals surface area contributed by atoms with Crippen LogP contribution in [-0.4, -0.2) is 30.5 Å². The predicted molar refractivity (Wildman–Crippen MR) is 109 cm³/mol. The van der Waals surface area contributed by atoms with E-state index in [1.54, 1.807) is 6.07 Å². The molecule has 5 heteroatoms. The van der Waals surface area contributed by atoms with E-state index in [2.05, 4.69) is 18.2 Å². The summed E-state index contributed by atoms with van der Waals surface area (Å²) >= 11 is 12.2. The van der Waals surface area contributed by atoms with Crippen molar-refractivity contribution in [2.45, 2.75) is 12.5 Å². The Bertz CT molecular complexity index is 963. The average Bonchev–Trinajstić information content (AvgIpc) is 2.67. The molecular weight excluding hydrogens is 381 g/mol. The molecule has 0 aliphatic carbocycles. The Morgan fingerprint density at radius 2 is 1.78 bits per heavy atom. The van der Waals surface area contributed by atoms with Gasteiger partial charge in [0.25, 0.3) is 0 Å². The van der Waals surface area contributed by atoms with Crippen molar-refractivity contribution in [2.75, 3.05) is 19.7 Å². The molecular formula is C22H19Cl2NO2. The maximum atomic E-state index is 12.9. The lowest BCUT2D eigenvalue weighted by Gasteiger charge is -2.33. The SMILES string of the molecule is O=C(Cc1cccc2ccccc12)N1CCOC(c2cc(Cl)cc(Cl)c2)C1. The summed E-state index contributed by atoms with van der Waals surface area (Å²) in [6.45, 7) is 1.59. The second-order valence-electron chi connectivity index (χ2n) is 6.72. The number of nitrogens with zero attached hydrogens (tertiary/aromatic N) is 1. The molecule has 1 saturated heterocycles. The molecule has 3 aromatic rings. The number of fused-ring (bicyclic) bond motifs is 1. The fourth-order valence-electron chi connectivity index (χ4n) is 3.56. The van der Waals surface area contributed by atoms with Crippen LogP contribution in [0.3, 0.4) is 0 Å². The minimum Gasteiger partial charge on any atom is -0.370 e. The van der Waals surface area contributed by atoms with Crippen molar-refractivity contribution < 1.29 is 9.53 Å². The van der Waals surface area contributed by atoms with Gasteiger partial charge in [0.05, 0.1) is 19.6 Å². The molecule has 138 valence electrons. The van der Waals surface area contributed by atoms with Crippen LogP contribution < -0.4 is 0 Å². The number of carbonyl (C=O) groups is 1. The zero-order valence-electron chi connectivity index (χ0n) is 14.7. The van der Waals surface area contributed by atoms with Gasteiger partial charge in [-0.15, -0.1) is 0 Å². The number of benzene rings is 3. The number of ether oxygens (including phenoxy) is 1. The Morgan fingerprint density at radius 3 is 2.59 bits per heavy atom. The Hall–Kier alpha value is -2.07. The van der Waals surface area contributed by atoms with Gasteiger partial charge in [0.1, 0.15) is 6.10 Å².